The highest BCUT2D eigenvalue weighted by Gasteiger charge is 2.44. The fourth-order valence-electron chi connectivity index (χ4n) is 7.17. The van der Waals surface area contributed by atoms with Crippen molar-refractivity contribution in [1.82, 2.24) is 14.1 Å². The summed E-state index contributed by atoms with van der Waals surface area (Å²) in [6, 6.07) is 9.16. The summed E-state index contributed by atoms with van der Waals surface area (Å²) in [5, 5.41) is 10.7. The molecule has 220 valence electrons. The molecule has 4 N–H and O–H groups in total. The van der Waals surface area contributed by atoms with Gasteiger partial charge in [-0.05, 0) is 92.8 Å². The van der Waals surface area contributed by atoms with Gasteiger partial charge in [-0.3, -0.25) is 14.2 Å². The summed E-state index contributed by atoms with van der Waals surface area (Å²) < 4.78 is 33.0. The number of carbonyl (C=O) groups excluding carboxylic acids is 1. The Balaban J connectivity index is 1.56. The van der Waals surface area contributed by atoms with Crippen LogP contribution < -0.4 is 17.0 Å². The molecule has 0 aliphatic heterocycles. The quantitative estimate of drug-likeness (QED) is 0.342. The van der Waals surface area contributed by atoms with Crippen molar-refractivity contribution in [1.29, 1.82) is 0 Å². The third kappa shape index (κ3) is 4.14. The number of aromatic nitrogens is 3. The summed E-state index contributed by atoms with van der Waals surface area (Å²) in [7, 11) is 1.41. The number of aromatic amines is 1. The Bertz CT molecular complexity index is 1880. The van der Waals surface area contributed by atoms with Crippen LogP contribution in [0.25, 0.3) is 16.6 Å². The number of aliphatic hydroxyl groups is 1. The van der Waals surface area contributed by atoms with E-state index >= 15 is 4.39 Å². The van der Waals surface area contributed by atoms with E-state index in [4.69, 9.17) is 5.73 Å². The molecule has 1 amide bonds. The molecule has 8 nitrogen and oxygen atoms in total. The van der Waals surface area contributed by atoms with Crippen LogP contribution in [-0.2, 0) is 24.7 Å². The molecule has 2 aromatic carbocycles. The van der Waals surface area contributed by atoms with Gasteiger partial charge in [0.1, 0.15) is 12.0 Å². The Hall–Kier alpha value is -4.05. The maximum absolute atomic E-state index is 16.3. The van der Waals surface area contributed by atoms with E-state index in [1.54, 1.807) is 39.0 Å². The zero-order chi connectivity index (χ0) is 30.2. The molecule has 2 aromatic heterocycles. The minimum Gasteiger partial charge on any atom is -0.390 e. The van der Waals surface area contributed by atoms with E-state index in [1.807, 2.05) is 0 Å². The van der Waals surface area contributed by atoms with Gasteiger partial charge in [0.15, 0.2) is 0 Å². The molecule has 42 heavy (non-hydrogen) atoms. The van der Waals surface area contributed by atoms with Crippen LogP contribution in [-0.4, -0.2) is 36.9 Å². The second-order valence-electron chi connectivity index (χ2n) is 12.3. The van der Waals surface area contributed by atoms with Crippen LogP contribution >= 0.6 is 0 Å². The molecule has 0 saturated heterocycles. The first kappa shape index (κ1) is 28.1. The largest absolute Gasteiger partial charge is 0.390 e. The van der Waals surface area contributed by atoms with E-state index in [-0.39, 0.29) is 28.9 Å². The zero-order valence-corrected chi connectivity index (χ0v) is 24.0. The fourth-order valence-corrected chi connectivity index (χ4v) is 7.17. The Labute approximate surface area is 240 Å². The summed E-state index contributed by atoms with van der Waals surface area (Å²) in [4.78, 5) is 42.9. The van der Waals surface area contributed by atoms with Gasteiger partial charge in [-0.15, -0.1) is 0 Å². The van der Waals surface area contributed by atoms with E-state index in [9.17, 15) is 23.9 Å². The summed E-state index contributed by atoms with van der Waals surface area (Å²) in [5.74, 6) is -2.90. The number of benzene rings is 2. The molecule has 2 heterocycles. The highest BCUT2D eigenvalue weighted by atomic mass is 19.1. The monoisotopic (exact) mass is 576 g/mol. The molecule has 2 aliphatic rings. The molecule has 0 radical (unpaired) electrons. The third-order valence-electron chi connectivity index (χ3n) is 9.44. The summed E-state index contributed by atoms with van der Waals surface area (Å²) in [6.45, 7) is 5.29. The van der Waals surface area contributed by atoms with Crippen LogP contribution in [0.3, 0.4) is 0 Å². The standard InChI is InChI=1S/C32H34F2N4O4/c1-15-17(7-6-10-24(15)38-30(40)19-8-5-9-21(33)28(19)37(4)31(38)41)25-22(34)14-20(29(35)39)27-26(25)18-12-11-16(32(2,3)42)13-23(18)36-27/h5-10,16,20,22,25,36,42H,11-14H2,1-4H3,(H2,35,39)/t16-,20?,22?,25?/m0/s1. The maximum Gasteiger partial charge on any atom is 0.335 e. The number of primary amides is 1. The molecule has 2 aliphatic carbocycles. The molecule has 6 rings (SSSR count). The Morgan fingerprint density at radius 2 is 1.88 bits per heavy atom. The van der Waals surface area contributed by atoms with E-state index in [0.29, 0.717) is 41.6 Å². The van der Waals surface area contributed by atoms with Crippen molar-refractivity contribution in [3.05, 3.63) is 96.7 Å². The van der Waals surface area contributed by atoms with Crippen LogP contribution in [0.2, 0.25) is 0 Å². The lowest BCUT2D eigenvalue weighted by atomic mass is 9.70. The first-order valence-electron chi connectivity index (χ1n) is 14.2. The second kappa shape index (κ2) is 9.76. The summed E-state index contributed by atoms with van der Waals surface area (Å²) >= 11 is 0. The lowest BCUT2D eigenvalue weighted by Gasteiger charge is -2.35. The van der Waals surface area contributed by atoms with Gasteiger partial charge in [-0.25, -0.2) is 18.1 Å². The zero-order valence-electron chi connectivity index (χ0n) is 24.0. The lowest BCUT2D eigenvalue weighted by Crippen LogP contribution is -2.39. The highest BCUT2D eigenvalue weighted by molar-refractivity contribution is 5.83. The Morgan fingerprint density at radius 1 is 1.17 bits per heavy atom. The van der Waals surface area contributed by atoms with Crippen molar-refractivity contribution in [2.75, 3.05) is 0 Å². The number of rotatable bonds is 4. The predicted octanol–water partition coefficient (Wildman–Crippen LogP) is 3.78. The summed E-state index contributed by atoms with van der Waals surface area (Å²) in [6.07, 6.45) is 0.283. The van der Waals surface area contributed by atoms with E-state index in [2.05, 4.69) is 4.98 Å². The number of nitrogens with two attached hydrogens (primary N) is 1. The van der Waals surface area contributed by atoms with Crippen LogP contribution in [0.4, 0.5) is 8.78 Å². The van der Waals surface area contributed by atoms with Crippen molar-refractivity contribution in [3.8, 4) is 5.69 Å². The average molecular weight is 577 g/mol. The smallest absolute Gasteiger partial charge is 0.335 e. The molecule has 0 spiro atoms. The van der Waals surface area contributed by atoms with Crippen molar-refractivity contribution in [2.24, 2.45) is 18.7 Å². The second-order valence-corrected chi connectivity index (χ2v) is 12.3. The van der Waals surface area contributed by atoms with Crippen LogP contribution in [0.1, 0.15) is 72.2 Å². The van der Waals surface area contributed by atoms with E-state index in [0.717, 1.165) is 20.4 Å². The molecule has 0 saturated carbocycles. The molecule has 10 heteroatoms. The highest BCUT2D eigenvalue weighted by Crippen LogP contribution is 2.49. The van der Waals surface area contributed by atoms with Gasteiger partial charge in [-0.1, -0.05) is 18.2 Å². The van der Waals surface area contributed by atoms with Gasteiger partial charge in [0, 0.05) is 24.4 Å². The first-order valence-corrected chi connectivity index (χ1v) is 14.2. The van der Waals surface area contributed by atoms with Crippen LogP contribution in [0.15, 0.2) is 46.0 Å². The summed E-state index contributed by atoms with van der Waals surface area (Å²) in [5.41, 5.74) is 7.88. The molecule has 4 aromatic rings. The first-order chi connectivity index (χ1) is 19.8. The molecule has 0 bridgehead atoms. The minimum atomic E-state index is -1.46. The number of carbonyl (C=O) groups is 1. The van der Waals surface area contributed by atoms with Gasteiger partial charge < -0.3 is 15.8 Å². The molecule has 0 fully saturated rings. The van der Waals surface area contributed by atoms with Crippen molar-refractivity contribution >= 4 is 16.8 Å². The number of nitrogens with zero attached hydrogens (tertiary/aromatic N) is 2. The Kier molecular flexibility index (Phi) is 6.53. The third-order valence-corrected chi connectivity index (χ3v) is 9.44. The van der Waals surface area contributed by atoms with Gasteiger partial charge in [0.25, 0.3) is 5.56 Å². The SMILES string of the molecule is Cc1c(C2c3c([nH]c4c3CC[C@H](C(C)(C)O)C4)C(C(N)=O)CC2F)cccc1-n1c(=O)c2cccc(F)c2n(C)c1=O. The van der Waals surface area contributed by atoms with E-state index < -0.39 is 46.6 Å². The number of fused-ring (bicyclic) bond motifs is 4. The minimum absolute atomic E-state index is 0.0114. The molecule has 4 atom stereocenters. The van der Waals surface area contributed by atoms with Crippen LogP contribution in [0, 0.1) is 18.7 Å². The normalized spacial score (nSPS) is 22.2. The van der Waals surface area contributed by atoms with E-state index in [1.165, 1.54) is 25.2 Å². The molecule has 3 unspecified atom stereocenters. The number of alkyl halides is 1. The molecular weight excluding hydrogens is 542 g/mol. The van der Waals surface area contributed by atoms with Crippen molar-refractivity contribution in [3.63, 3.8) is 0 Å². The maximum atomic E-state index is 16.3. The number of H-pyrrole nitrogens is 1. The Morgan fingerprint density at radius 3 is 2.57 bits per heavy atom. The predicted molar refractivity (Wildman–Crippen MR) is 155 cm³/mol. The number of hydrogen-bond acceptors (Lipinski definition) is 4. The van der Waals surface area contributed by atoms with Crippen molar-refractivity contribution in [2.45, 2.75) is 70.1 Å². The number of nitrogens with one attached hydrogen (secondary N) is 1. The van der Waals surface area contributed by atoms with Crippen molar-refractivity contribution < 1.29 is 18.7 Å². The number of hydrogen-bond donors (Lipinski definition) is 3. The lowest BCUT2D eigenvalue weighted by molar-refractivity contribution is -0.120. The van der Waals surface area contributed by atoms with Gasteiger partial charge in [0.05, 0.1) is 28.1 Å². The number of halogens is 2. The van der Waals surface area contributed by atoms with Crippen LogP contribution in [0.5, 0.6) is 0 Å². The number of para-hydroxylation sites is 1. The number of aryl methyl sites for hydroxylation is 1. The molecular formula is C32H34F2N4O4. The fraction of sp³-hybridized carbons (Fsp3) is 0.406. The number of amides is 1. The average Bonchev–Trinajstić information content (AvgIpc) is 3.30. The topological polar surface area (TPSA) is 123 Å². The van der Waals surface area contributed by atoms with Gasteiger partial charge in [0.2, 0.25) is 5.91 Å². The van der Waals surface area contributed by atoms with Gasteiger partial charge in [-0.2, -0.15) is 0 Å². The van der Waals surface area contributed by atoms with Gasteiger partial charge >= 0.3 is 5.69 Å².